The summed E-state index contributed by atoms with van der Waals surface area (Å²) in [6.07, 6.45) is 1.80. The normalized spacial score (nSPS) is 12.7. The molecule has 0 fully saturated rings. The lowest BCUT2D eigenvalue weighted by Crippen LogP contribution is -2.32. The first-order valence-electron chi connectivity index (χ1n) is 9.38. The summed E-state index contributed by atoms with van der Waals surface area (Å²) in [5.74, 6) is 0.0252. The van der Waals surface area contributed by atoms with Gasteiger partial charge in [-0.25, -0.2) is 16.8 Å². The SMILES string of the molecule is CC[C@H](Oc1ccc(N(C)S(C)(=O)=O)cc1)C(=O)Nc1cccc(N(C)S(C)(=O)=O)c1. The Morgan fingerprint density at radius 3 is 2.00 bits per heavy atom. The second-order valence-electron chi connectivity index (χ2n) is 7.01. The van der Waals surface area contributed by atoms with Gasteiger partial charge in [0, 0.05) is 19.8 Å². The average Bonchev–Trinajstić information content (AvgIpc) is 2.70. The van der Waals surface area contributed by atoms with Crippen LogP contribution in [0.25, 0.3) is 0 Å². The van der Waals surface area contributed by atoms with Crippen LogP contribution in [0.15, 0.2) is 48.5 Å². The number of sulfonamides is 2. The van der Waals surface area contributed by atoms with Gasteiger partial charge in [0.15, 0.2) is 6.10 Å². The van der Waals surface area contributed by atoms with Crippen LogP contribution < -0.4 is 18.7 Å². The third-order valence-electron chi connectivity index (χ3n) is 4.61. The van der Waals surface area contributed by atoms with Crippen molar-refractivity contribution >= 4 is 43.0 Å². The van der Waals surface area contributed by atoms with E-state index in [-0.39, 0.29) is 5.91 Å². The molecule has 0 radical (unpaired) electrons. The molecule has 1 N–H and O–H groups in total. The molecule has 0 aliphatic rings. The van der Waals surface area contributed by atoms with Crippen LogP contribution in [0.1, 0.15) is 13.3 Å². The summed E-state index contributed by atoms with van der Waals surface area (Å²) in [5, 5.41) is 2.74. The lowest BCUT2D eigenvalue weighted by Gasteiger charge is -2.20. The fourth-order valence-electron chi connectivity index (χ4n) is 2.61. The number of carbonyl (C=O) groups is 1. The first-order chi connectivity index (χ1) is 14.3. The highest BCUT2D eigenvalue weighted by molar-refractivity contribution is 7.92. The molecule has 0 unspecified atom stereocenters. The Kier molecular flexibility index (Phi) is 7.55. The van der Waals surface area contributed by atoms with Crippen LogP contribution >= 0.6 is 0 Å². The third-order valence-corrected chi connectivity index (χ3v) is 7.03. The molecule has 11 heteroatoms. The smallest absolute Gasteiger partial charge is 0.265 e. The van der Waals surface area contributed by atoms with Crippen molar-refractivity contribution in [2.45, 2.75) is 19.4 Å². The average molecular weight is 470 g/mol. The first kappa shape index (κ1) is 24.5. The highest BCUT2D eigenvalue weighted by Crippen LogP contribution is 2.23. The Morgan fingerprint density at radius 2 is 1.48 bits per heavy atom. The summed E-state index contributed by atoms with van der Waals surface area (Å²) in [6, 6.07) is 12.8. The van der Waals surface area contributed by atoms with E-state index in [0.717, 1.165) is 21.1 Å². The maximum absolute atomic E-state index is 12.7. The predicted octanol–water partition coefficient (Wildman–Crippen LogP) is 2.27. The minimum atomic E-state index is -3.43. The molecule has 170 valence electrons. The monoisotopic (exact) mass is 469 g/mol. The van der Waals surface area contributed by atoms with Gasteiger partial charge in [0.1, 0.15) is 5.75 Å². The highest BCUT2D eigenvalue weighted by Gasteiger charge is 2.20. The number of anilines is 3. The Bertz CT molecular complexity index is 1130. The van der Waals surface area contributed by atoms with Gasteiger partial charge < -0.3 is 10.1 Å². The van der Waals surface area contributed by atoms with Gasteiger partial charge in [-0.1, -0.05) is 13.0 Å². The van der Waals surface area contributed by atoms with Crippen LogP contribution in [-0.2, 0) is 24.8 Å². The molecule has 9 nitrogen and oxygen atoms in total. The summed E-state index contributed by atoms with van der Waals surface area (Å²) in [7, 11) is -3.93. The summed E-state index contributed by atoms with van der Waals surface area (Å²) >= 11 is 0. The van der Waals surface area contributed by atoms with Crippen LogP contribution in [0.2, 0.25) is 0 Å². The zero-order chi connectivity index (χ0) is 23.4. The van der Waals surface area contributed by atoms with E-state index < -0.39 is 26.2 Å². The second kappa shape index (κ2) is 9.56. The van der Waals surface area contributed by atoms with Crippen molar-refractivity contribution in [3.05, 3.63) is 48.5 Å². The fourth-order valence-corrected chi connectivity index (χ4v) is 3.61. The molecule has 0 heterocycles. The molecule has 1 amide bonds. The number of nitrogens with zero attached hydrogens (tertiary/aromatic N) is 2. The third kappa shape index (κ3) is 6.59. The molecule has 0 aromatic heterocycles. The number of rotatable bonds is 9. The molecule has 0 spiro atoms. The van der Waals surface area contributed by atoms with E-state index in [1.165, 1.54) is 14.1 Å². The molecule has 2 aromatic rings. The molecule has 2 aromatic carbocycles. The molecule has 1 atom stereocenters. The largest absolute Gasteiger partial charge is 0.481 e. The number of amides is 1. The predicted molar refractivity (Wildman–Crippen MR) is 123 cm³/mol. The minimum absolute atomic E-state index is 0.389. The Balaban J connectivity index is 2.11. The van der Waals surface area contributed by atoms with Crippen LogP contribution in [-0.4, -0.2) is 55.5 Å². The molecular formula is C20H27N3O6S2. The van der Waals surface area contributed by atoms with Crippen LogP contribution in [0, 0.1) is 0 Å². The van der Waals surface area contributed by atoms with Crippen LogP contribution in [0.3, 0.4) is 0 Å². The van der Waals surface area contributed by atoms with Gasteiger partial charge in [-0.3, -0.25) is 13.4 Å². The van der Waals surface area contributed by atoms with Gasteiger partial charge in [0.05, 0.1) is 23.9 Å². The molecular weight excluding hydrogens is 442 g/mol. The van der Waals surface area contributed by atoms with Gasteiger partial charge >= 0.3 is 0 Å². The molecule has 31 heavy (non-hydrogen) atoms. The molecule has 0 aliphatic heterocycles. The highest BCUT2D eigenvalue weighted by atomic mass is 32.2. The van der Waals surface area contributed by atoms with Crippen LogP contribution in [0.5, 0.6) is 5.75 Å². The summed E-state index contributed by atoms with van der Waals surface area (Å²) < 4.78 is 54.7. The Labute approximate surface area is 183 Å². The van der Waals surface area contributed by atoms with Gasteiger partial charge in [-0.05, 0) is 48.9 Å². The lowest BCUT2D eigenvalue weighted by molar-refractivity contribution is -0.122. The number of hydrogen-bond acceptors (Lipinski definition) is 6. The van der Waals surface area contributed by atoms with E-state index in [1.807, 2.05) is 0 Å². The fraction of sp³-hybridized carbons (Fsp3) is 0.350. The lowest BCUT2D eigenvalue weighted by atomic mass is 10.2. The van der Waals surface area contributed by atoms with Crippen molar-refractivity contribution in [1.82, 2.24) is 0 Å². The van der Waals surface area contributed by atoms with Crippen molar-refractivity contribution in [3.63, 3.8) is 0 Å². The van der Waals surface area contributed by atoms with E-state index >= 15 is 0 Å². The van der Waals surface area contributed by atoms with Gasteiger partial charge in [0.25, 0.3) is 5.91 Å². The van der Waals surface area contributed by atoms with Crippen molar-refractivity contribution in [2.24, 2.45) is 0 Å². The van der Waals surface area contributed by atoms with Crippen LogP contribution in [0.4, 0.5) is 17.1 Å². The number of nitrogens with one attached hydrogen (secondary N) is 1. The van der Waals surface area contributed by atoms with Gasteiger partial charge in [-0.2, -0.15) is 0 Å². The maximum Gasteiger partial charge on any atom is 0.265 e. The molecule has 0 saturated carbocycles. The number of benzene rings is 2. The van der Waals surface area contributed by atoms with E-state index in [2.05, 4.69) is 5.32 Å². The van der Waals surface area contributed by atoms with Crippen molar-refractivity contribution in [1.29, 1.82) is 0 Å². The molecule has 2 rings (SSSR count). The zero-order valence-corrected chi connectivity index (χ0v) is 19.7. The summed E-state index contributed by atoms with van der Waals surface area (Å²) in [5.41, 5.74) is 1.32. The molecule has 0 bridgehead atoms. The standard InChI is InChI=1S/C20H27N3O6S2/c1-6-19(29-18-12-10-16(11-13-18)22(2)30(4,25)26)20(24)21-15-8-7-9-17(14-15)23(3)31(5,27)28/h7-14,19H,6H2,1-5H3,(H,21,24)/t19-/m0/s1. The van der Waals surface area contributed by atoms with E-state index in [1.54, 1.807) is 55.5 Å². The number of hydrogen-bond donors (Lipinski definition) is 1. The summed E-state index contributed by atoms with van der Waals surface area (Å²) in [4.78, 5) is 12.7. The van der Waals surface area contributed by atoms with Crippen molar-refractivity contribution in [2.75, 3.05) is 40.5 Å². The molecule has 0 saturated heterocycles. The quantitative estimate of drug-likeness (QED) is 0.603. The van der Waals surface area contributed by atoms with E-state index in [9.17, 15) is 21.6 Å². The second-order valence-corrected chi connectivity index (χ2v) is 11.0. The van der Waals surface area contributed by atoms with E-state index in [4.69, 9.17) is 4.74 Å². The van der Waals surface area contributed by atoms with Gasteiger partial charge in [-0.15, -0.1) is 0 Å². The number of carbonyl (C=O) groups excluding carboxylic acids is 1. The van der Waals surface area contributed by atoms with Crippen molar-refractivity contribution < 1.29 is 26.4 Å². The summed E-state index contributed by atoms with van der Waals surface area (Å²) in [6.45, 7) is 1.80. The zero-order valence-electron chi connectivity index (χ0n) is 18.1. The topological polar surface area (TPSA) is 113 Å². The Hall–Kier alpha value is -2.79. The molecule has 0 aliphatic carbocycles. The van der Waals surface area contributed by atoms with Crippen molar-refractivity contribution in [3.8, 4) is 5.75 Å². The first-order valence-corrected chi connectivity index (χ1v) is 13.1. The maximum atomic E-state index is 12.7. The number of ether oxygens (including phenoxy) is 1. The van der Waals surface area contributed by atoms with Gasteiger partial charge in [0.2, 0.25) is 20.0 Å². The Morgan fingerprint density at radius 1 is 0.935 bits per heavy atom. The minimum Gasteiger partial charge on any atom is -0.481 e. The van der Waals surface area contributed by atoms with E-state index in [0.29, 0.717) is 29.2 Å².